The van der Waals surface area contributed by atoms with Crippen LogP contribution in [0, 0.1) is 5.92 Å². The Balaban J connectivity index is 1.96. The van der Waals surface area contributed by atoms with Crippen molar-refractivity contribution in [3.8, 4) is 0 Å². The van der Waals surface area contributed by atoms with Gasteiger partial charge < -0.3 is 15.4 Å². The predicted octanol–water partition coefficient (Wildman–Crippen LogP) is 0.363. The number of hydrogen-bond donors (Lipinski definition) is 1. The van der Waals surface area contributed by atoms with Crippen LogP contribution < -0.4 is 5.73 Å². The van der Waals surface area contributed by atoms with Crippen molar-refractivity contribution in [1.29, 1.82) is 0 Å². The van der Waals surface area contributed by atoms with Crippen molar-refractivity contribution >= 4 is 5.91 Å². The van der Waals surface area contributed by atoms with Gasteiger partial charge in [0.2, 0.25) is 5.91 Å². The number of nitrogens with zero attached hydrogens (tertiary/aromatic N) is 1. The van der Waals surface area contributed by atoms with E-state index in [0.717, 1.165) is 25.9 Å². The first-order valence-corrected chi connectivity index (χ1v) is 5.82. The summed E-state index contributed by atoms with van der Waals surface area (Å²) in [5, 5.41) is 0. The average molecular weight is 212 g/mol. The lowest BCUT2D eigenvalue weighted by molar-refractivity contribution is -0.136. The van der Waals surface area contributed by atoms with Crippen LogP contribution in [0.1, 0.15) is 26.2 Å². The topological polar surface area (TPSA) is 55.6 Å². The Hall–Kier alpha value is -0.610. The van der Waals surface area contributed by atoms with Crippen LogP contribution in [-0.2, 0) is 9.53 Å². The summed E-state index contributed by atoms with van der Waals surface area (Å²) in [5.74, 6) is 0.760. The molecular formula is C11H20N2O2. The zero-order valence-electron chi connectivity index (χ0n) is 9.37. The van der Waals surface area contributed by atoms with Gasteiger partial charge in [-0.05, 0) is 18.8 Å². The third-order valence-electron chi connectivity index (χ3n) is 3.63. The molecule has 2 unspecified atom stereocenters. The number of rotatable bonds is 2. The second-order valence-corrected chi connectivity index (χ2v) is 4.77. The third-order valence-corrected chi connectivity index (χ3v) is 3.63. The molecule has 2 rings (SSSR count). The van der Waals surface area contributed by atoms with Crippen LogP contribution in [0.25, 0.3) is 0 Å². The first kappa shape index (κ1) is 10.9. The maximum atomic E-state index is 12.2. The highest BCUT2D eigenvalue weighted by Crippen LogP contribution is 2.24. The first-order chi connectivity index (χ1) is 7.15. The molecule has 0 aromatic heterocycles. The van der Waals surface area contributed by atoms with Gasteiger partial charge in [-0.1, -0.05) is 13.3 Å². The van der Waals surface area contributed by atoms with Crippen molar-refractivity contribution in [2.24, 2.45) is 11.7 Å². The molecule has 2 heterocycles. The van der Waals surface area contributed by atoms with Crippen molar-refractivity contribution < 1.29 is 9.53 Å². The lowest BCUT2D eigenvalue weighted by atomic mass is 9.98. The van der Waals surface area contributed by atoms with Crippen LogP contribution in [0.2, 0.25) is 0 Å². The van der Waals surface area contributed by atoms with Gasteiger partial charge in [-0.2, -0.15) is 0 Å². The average Bonchev–Trinajstić information content (AvgIpc) is 2.85. The van der Waals surface area contributed by atoms with Crippen molar-refractivity contribution in [3.05, 3.63) is 0 Å². The Kier molecular flexibility index (Phi) is 2.98. The van der Waals surface area contributed by atoms with E-state index >= 15 is 0 Å². The van der Waals surface area contributed by atoms with E-state index in [2.05, 4.69) is 6.92 Å². The minimum Gasteiger partial charge on any atom is -0.379 e. The van der Waals surface area contributed by atoms with Gasteiger partial charge in [0.05, 0.1) is 6.61 Å². The molecule has 0 radical (unpaired) electrons. The Morgan fingerprint density at radius 2 is 2.47 bits per heavy atom. The number of ether oxygens (including phenoxy) is 1. The normalized spacial score (nSPS) is 36.1. The molecule has 0 saturated carbocycles. The number of nitrogens with two attached hydrogens (primary N) is 1. The molecule has 0 aromatic rings. The van der Waals surface area contributed by atoms with Gasteiger partial charge in [0.25, 0.3) is 0 Å². The van der Waals surface area contributed by atoms with E-state index in [9.17, 15) is 4.79 Å². The summed E-state index contributed by atoms with van der Waals surface area (Å²) in [5.41, 5.74) is 5.32. The molecule has 0 spiro atoms. The minimum absolute atomic E-state index is 0.0935. The minimum atomic E-state index is -0.734. The molecule has 4 nitrogen and oxygen atoms in total. The summed E-state index contributed by atoms with van der Waals surface area (Å²) in [6.07, 6.45) is 2.94. The van der Waals surface area contributed by atoms with E-state index in [4.69, 9.17) is 10.5 Å². The fraction of sp³-hybridized carbons (Fsp3) is 0.909. The lowest BCUT2D eigenvalue weighted by Gasteiger charge is -2.27. The SMILES string of the molecule is CCC1CCN(C(=O)C2(N)CCOC2)C1. The van der Waals surface area contributed by atoms with Crippen molar-refractivity contribution in [2.75, 3.05) is 26.3 Å². The molecule has 0 aromatic carbocycles. The van der Waals surface area contributed by atoms with Crippen LogP contribution in [0.5, 0.6) is 0 Å². The monoisotopic (exact) mass is 212 g/mol. The number of hydrogen-bond acceptors (Lipinski definition) is 3. The Morgan fingerprint density at radius 3 is 3.00 bits per heavy atom. The number of carbonyl (C=O) groups excluding carboxylic acids is 1. The highest BCUT2D eigenvalue weighted by Gasteiger charge is 2.42. The summed E-state index contributed by atoms with van der Waals surface area (Å²) >= 11 is 0. The van der Waals surface area contributed by atoms with E-state index in [1.807, 2.05) is 4.90 Å². The molecule has 2 saturated heterocycles. The van der Waals surface area contributed by atoms with Crippen molar-refractivity contribution in [3.63, 3.8) is 0 Å². The largest absolute Gasteiger partial charge is 0.379 e. The molecule has 0 aliphatic carbocycles. The van der Waals surface area contributed by atoms with Crippen LogP contribution in [0.4, 0.5) is 0 Å². The van der Waals surface area contributed by atoms with Crippen LogP contribution in [-0.4, -0.2) is 42.6 Å². The molecule has 4 heteroatoms. The van der Waals surface area contributed by atoms with Gasteiger partial charge in [0.15, 0.2) is 0 Å². The maximum absolute atomic E-state index is 12.2. The zero-order valence-corrected chi connectivity index (χ0v) is 9.37. The highest BCUT2D eigenvalue weighted by molar-refractivity contribution is 5.86. The van der Waals surface area contributed by atoms with Crippen LogP contribution in [0.15, 0.2) is 0 Å². The molecule has 2 N–H and O–H groups in total. The highest BCUT2D eigenvalue weighted by atomic mass is 16.5. The number of amides is 1. The third kappa shape index (κ3) is 2.01. The van der Waals surface area contributed by atoms with E-state index in [-0.39, 0.29) is 5.91 Å². The van der Waals surface area contributed by atoms with Gasteiger partial charge in [-0.15, -0.1) is 0 Å². The second-order valence-electron chi connectivity index (χ2n) is 4.77. The molecule has 2 aliphatic rings. The molecule has 1 amide bonds. The van der Waals surface area contributed by atoms with Gasteiger partial charge in [-0.25, -0.2) is 0 Å². The standard InChI is InChI=1S/C11H20N2O2/c1-2-9-3-5-13(7-9)10(14)11(12)4-6-15-8-11/h9H,2-8,12H2,1H3. The van der Waals surface area contributed by atoms with Crippen molar-refractivity contribution in [2.45, 2.75) is 31.7 Å². The van der Waals surface area contributed by atoms with E-state index < -0.39 is 5.54 Å². The van der Waals surface area contributed by atoms with E-state index in [1.165, 1.54) is 0 Å². The van der Waals surface area contributed by atoms with Gasteiger partial charge in [-0.3, -0.25) is 4.79 Å². The molecule has 15 heavy (non-hydrogen) atoms. The number of likely N-dealkylation sites (tertiary alicyclic amines) is 1. The molecule has 0 bridgehead atoms. The lowest BCUT2D eigenvalue weighted by Crippen LogP contribution is -2.55. The van der Waals surface area contributed by atoms with Crippen molar-refractivity contribution in [1.82, 2.24) is 4.90 Å². The summed E-state index contributed by atoms with van der Waals surface area (Å²) in [6.45, 7) is 4.94. The maximum Gasteiger partial charge on any atom is 0.245 e. The Labute approximate surface area is 90.8 Å². The summed E-state index contributed by atoms with van der Waals surface area (Å²) in [4.78, 5) is 14.1. The quantitative estimate of drug-likeness (QED) is 0.719. The predicted molar refractivity (Wildman–Crippen MR) is 57.3 cm³/mol. The summed E-state index contributed by atoms with van der Waals surface area (Å²) < 4.78 is 5.22. The first-order valence-electron chi connectivity index (χ1n) is 5.82. The molecular weight excluding hydrogens is 192 g/mol. The fourth-order valence-corrected chi connectivity index (χ4v) is 2.41. The zero-order chi connectivity index (χ0) is 10.9. The molecule has 2 fully saturated rings. The molecule has 2 aliphatic heterocycles. The smallest absolute Gasteiger partial charge is 0.245 e. The van der Waals surface area contributed by atoms with E-state index in [1.54, 1.807) is 0 Å². The van der Waals surface area contributed by atoms with Gasteiger partial charge >= 0.3 is 0 Å². The second kappa shape index (κ2) is 4.10. The van der Waals surface area contributed by atoms with E-state index in [0.29, 0.717) is 25.6 Å². The van der Waals surface area contributed by atoms with Crippen LogP contribution in [0.3, 0.4) is 0 Å². The summed E-state index contributed by atoms with van der Waals surface area (Å²) in [6, 6.07) is 0. The fourth-order valence-electron chi connectivity index (χ4n) is 2.41. The van der Waals surface area contributed by atoms with Gasteiger partial charge in [0, 0.05) is 19.7 Å². The molecule has 2 atom stereocenters. The Bertz CT molecular complexity index is 249. The van der Waals surface area contributed by atoms with Crippen LogP contribution >= 0.6 is 0 Å². The molecule has 86 valence electrons. The Morgan fingerprint density at radius 1 is 1.67 bits per heavy atom. The van der Waals surface area contributed by atoms with Gasteiger partial charge in [0.1, 0.15) is 5.54 Å². The number of carbonyl (C=O) groups is 1. The summed E-state index contributed by atoms with van der Waals surface area (Å²) in [7, 11) is 0.